The Balaban J connectivity index is 1.63. The van der Waals surface area contributed by atoms with Crippen molar-refractivity contribution >= 4 is 5.91 Å². The summed E-state index contributed by atoms with van der Waals surface area (Å²) in [4.78, 5) is 22.1. The second-order valence-corrected chi connectivity index (χ2v) is 5.13. The third kappa shape index (κ3) is 3.47. The maximum atomic E-state index is 12.4. The summed E-state index contributed by atoms with van der Waals surface area (Å²) in [6.07, 6.45) is 6.13. The van der Waals surface area contributed by atoms with E-state index in [0.717, 1.165) is 0 Å². The van der Waals surface area contributed by atoms with Gasteiger partial charge in [-0.3, -0.25) is 9.78 Å². The normalized spacial score (nSPS) is 17.1. The molecule has 1 atom stereocenters. The van der Waals surface area contributed by atoms with Crippen molar-refractivity contribution in [2.45, 2.75) is 12.5 Å². The largest absolute Gasteiger partial charge is 0.619 e. The van der Waals surface area contributed by atoms with Crippen LogP contribution in [0.25, 0.3) is 0 Å². The Hall–Kier alpha value is -2.90. The van der Waals surface area contributed by atoms with Crippen molar-refractivity contribution in [3.63, 3.8) is 0 Å². The summed E-state index contributed by atoms with van der Waals surface area (Å²) in [5.74, 6) is 0.552. The van der Waals surface area contributed by atoms with Crippen molar-refractivity contribution in [3.05, 3.63) is 47.7 Å². The van der Waals surface area contributed by atoms with Crippen LogP contribution >= 0.6 is 0 Å². The van der Waals surface area contributed by atoms with Gasteiger partial charge in [0, 0.05) is 19.0 Å². The van der Waals surface area contributed by atoms with E-state index >= 15 is 0 Å². The number of likely N-dealkylation sites (tertiary alicyclic amines) is 1. The van der Waals surface area contributed by atoms with Crippen LogP contribution in [-0.2, 0) is 0 Å². The van der Waals surface area contributed by atoms with Crippen molar-refractivity contribution in [3.8, 4) is 11.8 Å². The van der Waals surface area contributed by atoms with Gasteiger partial charge in [0.15, 0.2) is 12.4 Å². The number of carbonyl (C=O) groups is 1. The highest BCUT2D eigenvalue weighted by Crippen LogP contribution is 2.19. The fraction of sp³-hybridized carbons (Fsp3) is 0.333. The molecule has 1 aliphatic heterocycles. The Morgan fingerprint density at radius 3 is 3.04 bits per heavy atom. The van der Waals surface area contributed by atoms with Crippen LogP contribution in [0.5, 0.6) is 11.8 Å². The Labute approximate surface area is 132 Å². The van der Waals surface area contributed by atoms with Gasteiger partial charge in [0.1, 0.15) is 11.7 Å². The fourth-order valence-corrected chi connectivity index (χ4v) is 2.43. The van der Waals surface area contributed by atoms with Crippen LogP contribution in [0.1, 0.15) is 16.8 Å². The molecule has 1 saturated heterocycles. The number of aromatic nitrogens is 3. The Morgan fingerprint density at radius 1 is 1.43 bits per heavy atom. The van der Waals surface area contributed by atoms with Crippen LogP contribution in [-0.4, -0.2) is 47.1 Å². The highest BCUT2D eigenvalue weighted by atomic mass is 16.5. The molecule has 0 bridgehead atoms. The molecule has 8 heteroatoms. The summed E-state index contributed by atoms with van der Waals surface area (Å²) >= 11 is 0. The van der Waals surface area contributed by atoms with Gasteiger partial charge in [-0.15, -0.1) is 0 Å². The summed E-state index contributed by atoms with van der Waals surface area (Å²) in [5, 5.41) is 11.3. The van der Waals surface area contributed by atoms with E-state index in [1.54, 1.807) is 17.0 Å². The van der Waals surface area contributed by atoms with Gasteiger partial charge in [-0.1, -0.05) is 0 Å². The van der Waals surface area contributed by atoms with Crippen LogP contribution in [0, 0.1) is 5.21 Å². The molecule has 120 valence electrons. The van der Waals surface area contributed by atoms with Gasteiger partial charge in [0.2, 0.25) is 11.8 Å². The monoisotopic (exact) mass is 316 g/mol. The molecule has 3 heterocycles. The van der Waals surface area contributed by atoms with Crippen LogP contribution < -0.4 is 14.2 Å². The zero-order valence-corrected chi connectivity index (χ0v) is 12.6. The molecule has 1 fully saturated rings. The minimum Gasteiger partial charge on any atom is -0.619 e. The van der Waals surface area contributed by atoms with Crippen molar-refractivity contribution < 1.29 is 19.0 Å². The molecule has 3 rings (SSSR count). The number of hydrogen-bond donors (Lipinski definition) is 0. The average Bonchev–Trinajstić information content (AvgIpc) is 3.03. The molecule has 1 amide bonds. The van der Waals surface area contributed by atoms with Gasteiger partial charge in [-0.05, 0) is 6.07 Å². The molecule has 0 radical (unpaired) electrons. The van der Waals surface area contributed by atoms with E-state index in [2.05, 4.69) is 9.97 Å². The number of hydrogen-bond acceptors (Lipinski definition) is 6. The molecule has 0 aromatic carbocycles. The lowest BCUT2D eigenvalue weighted by Gasteiger charge is -2.16. The first kappa shape index (κ1) is 15.0. The zero-order valence-electron chi connectivity index (χ0n) is 12.6. The Bertz CT molecular complexity index is 709. The Morgan fingerprint density at radius 2 is 2.26 bits per heavy atom. The van der Waals surface area contributed by atoms with Crippen LogP contribution in [0.2, 0.25) is 0 Å². The zero-order chi connectivity index (χ0) is 16.2. The number of pyridine rings is 1. The molecule has 0 spiro atoms. The third-order valence-corrected chi connectivity index (χ3v) is 3.54. The van der Waals surface area contributed by atoms with Gasteiger partial charge in [0.05, 0.1) is 26.0 Å². The van der Waals surface area contributed by atoms with Gasteiger partial charge in [-0.25, -0.2) is 0 Å². The van der Waals surface area contributed by atoms with Crippen molar-refractivity contribution in [2.24, 2.45) is 0 Å². The number of nitrogens with zero attached hydrogens (tertiary/aromatic N) is 4. The van der Waals surface area contributed by atoms with Gasteiger partial charge in [-0.2, -0.15) is 9.71 Å². The number of rotatable bonds is 4. The van der Waals surface area contributed by atoms with Crippen LogP contribution in [0.4, 0.5) is 0 Å². The average molecular weight is 316 g/mol. The minimum absolute atomic E-state index is 0.163. The molecule has 2 aromatic rings. The lowest BCUT2D eigenvalue weighted by Crippen LogP contribution is -2.33. The van der Waals surface area contributed by atoms with E-state index in [1.807, 2.05) is 0 Å². The molecule has 1 aliphatic rings. The SMILES string of the molecule is COc1cncc(OC2CCN(C(=O)c3ccc[n+]([O-])c3)C2)n1. The predicted octanol–water partition coefficient (Wildman–Crippen LogP) is 0.412. The second kappa shape index (κ2) is 6.47. The predicted molar refractivity (Wildman–Crippen MR) is 78.9 cm³/mol. The quantitative estimate of drug-likeness (QED) is 0.599. The Kier molecular flexibility index (Phi) is 4.22. The number of carbonyl (C=O) groups excluding carboxylic acids is 1. The smallest absolute Gasteiger partial charge is 0.260 e. The van der Waals surface area contributed by atoms with Crippen molar-refractivity contribution in [2.75, 3.05) is 20.2 Å². The lowest BCUT2D eigenvalue weighted by molar-refractivity contribution is -0.605. The first-order chi connectivity index (χ1) is 11.2. The first-order valence-corrected chi connectivity index (χ1v) is 7.16. The number of methoxy groups -OCH3 is 1. The van der Waals surface area contributed by atoms with E-state index in [9.17, 15) is 10.0 Å². The third-order valence-electron chi connectivity index (χ3n) is 3.54. The molecule has 23 heavy (non-hydrogen) atoms. The highest BCUT2D eigenvalue weighted by molar-refractivity contribution is 5.93. The molecule has 0 aliphatic carbocycles. The molecule has 1 unspecified atom stereocenters. The van der Waals surface area contributed by atoms with E-state index in [0.29, 0.717) is 41.6 Å². The van der Waals surface area contributed by atoms with Crippen molar-refractivity contribution in [1.82, 2.24) is 14.9 Å². The topological polar surface area (TPSA) is 91.5 Å². The maximum absolute atomic E-state index is 12.4. The first-order valence-electron chi connectivity index (χ1n) is 7.16. The minimum atomic E-state index is -0.182. The molecule has 2 aromatic heterocycles. The highest BCUT2D eigenvalue weighted by Gasteiger charge is 2.29. The maximum Gasteiger partial charge on any atom is 0.260 e. The van der Waals surface area contributed by atoms with E-state index < -0.39 is 0 Å². The second-order valence-electron chi connectivity index (χ2n) is 5.13. The molecule has 0 N–H and O–H groups in total. The molecular weight excluding hydrogens is 300 g/mol. The fourth-order valence-electron chi connectivity index (χ4n) is 2.43. The summed E-state index contributed by atoms with van der Waals surface area (Å²) in [5.41, 5.74) is 0.365. The molecule has 0 saturated carbocycles. The van der Waals surface area contributed by atoms with Gasteiger partial charge in [0.25, 0.3) is 5.91 Å². The summed E-state index contributed by atoms with van der Waals surface area (Å²) < 4.78 is 11.4. The molecular formula is C15H16N4O4. The standard InChI is InChI=1S/C15H16N4O4/c1-22-13-7-16-8-14(17-13)23-12-4-6-18(10-12)15(20)11-3-2-5-19(21)9-11/h2-3,5,7-9,12H,4,6,10H2,1H3. The van der Waals surface area contributed by atoms with Gasteiger partial charge >= 0.3 is 0 Å². The summed E-state index contributed by atoms with van der Waals surface area (Å²) in [6, 6.07) is 3.18. The van der Waals surface area contributed by atoms with E-state index in [4.69, 9.17) is 9.47 Å². The van der Waals surface area contributed by atoms with Crippen LogP contribution in [0.3, 0.4) is 0 Å². The van der Waals surface area contributed by atoms with Gasteiger partial charge < -0.3 is 19.6 Å². The van der Waals surface area contributed by atoms with E-state index in [-0.39, 0.29) is 12.0 Å². The lowest BCUT2D eigenvalue weighted by atomic mass is 10.2. The molecule has 8 nitrogen and oxygen atoms in total. The van der Waals surface area contributed by atoms with E-state index in [1.165, 1.54) is 31.9 Å². The van der Waals surface area contributed by atoms with Crippen molar-refractivity contribution in [1.29, 1.82) is 0 Å². The summed E-state index contributed by atoms with van der Waals surface area (Å²) in [6.45, 7) is 1.00. The number of ether oxygens (including phenoxy) is 2. The number of amides is 1. The van der Waals surface area contributed by atoms with Crippen LogP contribution in [0.15, 0.2) is 36.9 Å². The summed E-state index contributed by atoms with van der Waals surface area (Å²) in [7, 11) is 1.51.